The predicted octanol–water partition coefficient (Wildman–Crippen LogP) is 3.93. The van der Waals surface area contributed by atoms with Crippen molar-refractivity contribution in [3.8, 4) is 6.07 Å². The fraction of sp³-hybridized carbons (Fsp3) is 0.0833. The molecule has 0 atom stereocenters. The highest BCUT2D eigenvalue weighted by Gasteiger charge is 2.37. The van der Waals surface area contributed by atoms with Gasteiger partial charge in [-0.05, 0) is 17.5 Å². The molecule has 0 spiro atoms. The van der Waals surface area contributed by atoms with E-state index in [-0.39, 0.29) is 15.1 Å². The Bertz CT molecular complexity index is 754. The maximum atomic E-state index is 13.0. The van der Waals surface area contributed by atoms with E-state index in [2.05, 4.69) is 12.2 Å². The lowest BCUT2D eigenvalue weighted by Gasteiger charge is -2.12. The molecule has 8 heteroatoms. The standard InChI is InChI=1S/C12H5F3N2OS2/c13-12(14,15)10-7(4-6(5-16)11(19)17-10)9(18)8-2-1-3-20-8/h1-4H,(H,17,19). The molecule has 0 aromatic carbocycles. The van der Waals surface area contributed by atoms with Gasteiger partial charge in [-0.3, -0.25) is 4.79 Å². The van der Waals surface area contributed by atoms with Crippen LogP contribution in [0.4, 0.5) is 13.2 Å². The summed E-state index contributed by atoms with van der Waals surface area (Å²) in [6.45, 7) is 0. The zero-order chi connectivity index (χ0) is 14.9. The lowest BCUT2D eigenvalue weighted by Crippen LogP contribution is -2.16. The summed E-state index contributed by atoms with van der Waals surface area (Å²) in [5.41, 5.74) is -2.02. The fourth-order valence-corrected chi connectivity index (χ4v) is 2.44. The Morgan fingerprint density at radius 2 is 2.15 bits per heavy atom. The minimum absolute atomic E-state index is 0.157. The van der Waals surface area contributed by atoms with Gasteiger partial charge in [0.15, 0.2) is 0 Å². The Morgan fingerprint density at radius 3 is 2.65 bits per heavy atom. The lowest BCUT2D eigenvalue weighted by molar-refractivity contribution is -0.141. The number of rotatable bonds is 2. The van der Waals surface area contributed by atoms with Crippen LogP contribution in [0.5, 0.6) is 0 Å². The highest BCUT2D eigenvalue weighted by atomic mass is 32.1. The van der Waals surface area contributed by atoms with Gasteiger partial charge in [0.05, 0.1) is 16.0 Å². The number of hydrogen-bond acceptors (Lipinski definition) is 4. The van der Waals surface area contributed by atoms with Gasteiger partial charge in [0.2, 0.25) is 5.78 Å². The van der Waals surface area contributed by atoms with Crippen molar-refractivity contribution in [3.63, 3.8) is 0 Å². The molecule has 0 radical (unpaired) electrons. The van der Waals surface area contributed by atoms with Gasteiger partial charge in [-0.25, -0.2) is 0 Å². The molecule has 0 bridgehead atoms. The molecule has 1 N–H and O–H groups in total. The monoisotopic (exact) mass is 314 g/mol. The van der Waals surface area contributed by atoms with Crippen molar-refractivity contribution >= 4 is 29.3 Å². The predicted molar refractivity (Wildman–Crippen MR) is 69.1 cm³/mol. The number of ketones is 1. The summed E-state index contributed by atoms with van der Waals surface area (Å²) in [6, 6.07) is 5.52. The van der Waals surface area contributed by atoms with Crippen LogP contribution in [-0.4, -0.2) is 10.8 Å². The number of aromatic amines is 1. The van der Waals surface area contributed by atoms with Crippen molar-refractivity contribution in [1.29, 1.82) is 5.26 Å². The molecule has 0 aliphatic heterocycles. The van der Waals surface area contributed by atoms with Crippen LogP contribution in [0.1, 0.15) is 26.5 Å². The van der Waals surface area contributed by atoms with Crippen LogP contribution in [0.2, 0.25) is 0 Å². The Hall–Kier alpha value is -1.98. The number of nitrogens with zero attached hydrogens (tertiary/aromatic N) is 1. The average molecular weight is 314 g/mol. The van der Waals surface area contributed by atoms with E-state index >= 15 is 0 Å². The minimum Gasteiger partial charge on any atom is -0.341 e. The van der Waals surface area contributed by atoms with E-state index in [0.29, 0.717) is 0 Å². The Morgan fingerprint density at radius 1 is 1.45 bits per heavy atom. The van der Waals surface area contributed by atoms with Crippen LogP contribution in [0.25, 0.3) is 0 Å². The Kier molecular flexibility index (Phi) is 3.74. The normalized spacial score (nSPS) is 11.1. The SMILES string of the molecule is N#Cc1cc(C(=O)c2cccs2)c(C(F)(F)F)[nH]c1=S. The second-order valence-corrected chi connectivity index (χ2v) is 5.07. The van der Waals surface area contributed by atoms with Crippen LogP contribution in [0.3, 0.4) is 0 Å². The van der Waals surface area contributed by atoms with Gasteiger partial charge in [0.25, 0.3) is 0 Å². The number of nitrogens with one attached hydrogen (secondary N) is 1. The number of hydrogen-bond donors (Lipinski definition) is 1. The van der Waals surface area contributed by atoms with Crippen molar-refractivity contribution in [2.45, 2.75) is 6.18 Å². The van der Waals surface area contributed by atoms with E-state index < -0.39 is 23.2 Å². The van der Waals surface area contributed by atoms with Crippen molar-refractivity contribution in [3.05, 3.63) is 49.9 Å². The molecular weight excluding hydrogens is 309 g/mol. The van der Waals surface area contributed by atoms with Crippen molar-refractivity contribution in [1.82, 2.24) is 4.98 Å². The third-order valence-corrected chi connectivity index (χ3v) is 3.63. The third-order valence-electron chi connectivity index (χ3n) is 2.43. The number of thiophene rings is 1. The summed E-state index contributed by atoms with van der Waals surface area (Å²) in [5.74, 6) is -0.796. The molecule has 20 heavy (non-hydrogen) atoms. The largest absolute Gasteiger partial charge is 0.432 e. The molecule has 3 nitrogen and oxygen atoms in total. The number of carbonyl (C=O) groups excluding carboxylic acids is 1. The summed E-state index contributed by atoms with van der Waals surface area (Å²) >= 11 is 5.69. The molecule has 0 saturated carbocycles. The maximum absolute atomic E-state index is 13.0. The smallest absolute Gasteiger partial charge is 0.341 e. The summed E-state index contributed by atoms with van der Waals surface area (Å²) in [4.78, 5) is 14.2. The third kappa shape index (κ3) is 2.64. The first-order valence-corrected chi connectivity index (χ1v) is 6.46. The van der Waals surface area contributed by atoms with Gasteiger partial charge in [0, 0.05) is 0 Å². The van der Waals surface area contributed by atoms with Crippen LogP contribution >= 0.6 is 23.6 Å². The van der Waals surface area contributed by atoms with Gasteiger partial charge >= 0.3 is 6.18 Å². The van der Waals surface area contributed by atoms with Crippen LogP contribution in [0.15, 0.2) is 23.6 Å². The summed E-state index contributed by atoms with van der Waals surface area (Å²) in [7, 11) is 0. The Labute approximate surface area is 120 Å². The first-order chi connectivity index (χ1) is 9.34. The molecule has 0 saturated heterocycles. The first-order valence-electron chi connectivity index (χ1n) is 5.17. The second kappa shape index (κ2) is 5.19. The molecule has 0 amide bonds. The highest BCUT2D eigenvalue weighted by molar-refractivity contribution is 7.71. The van der Waals surface area contributed by atoms with E-state index in [4.69, 9.17) is 5.26 Å². The highest BCUT2D eigenvalue weighted by Crippen LogP contribution is 2.32. The van der Waals surface area contributed by atoms with E-state index in [0.717, 1.165) is 17.4 Å². The van der Waals surface area contributed by atoms with Crippen molar-refractivity contribution < 1.29 is 18.0 Å². The van der Waals surface area contributed by atoms with Crippen molar-refractivity contribution in [2.24, 2.45) is 0 Å². The zero-order valence-electron chi connectivity index (χ0n) is 9.62. The molecule has 2 aromatic rings. The molecular formula is C12H5F3N2OS2. The topological polar surface area (TPSA) is 56.6 Å². The number of H-pyrrole nitrogens is 1. The second-order valence-electron chi connectivity index (χ2n) is 3.72. The molecule has 0 aliphatic rings. The molecule has 0 unspecified atom stereocenters. The number of aromatic nitrogens is 1. The van der Waals surface area contributed by atoms with Gasteiger partial charge in [-0.2, -0.15) is 18.4 Å². The number of alkyl halides is 3. The molecule has 0 fully saturated rings. The van der Waals surface area contributed by atoms with Gasteiger partial charge < -0.3 is 4.98 Å². The maximum Gasteiger partial charge on any atom is 0.432 e. The van der Waals surface area contributed by atoms with E-state index in [1.54, 1.807) is 17.5 Å². The van der Waals surface area contributed by atoms with Crippen LogP contribution in [-0.2, 0) is 6.18 Å². The van der Waals surface area contributed by atoms with E-state index in [1.165, 1.54) is 6.07 Å². The summed E-state index contributed by atoms with van der Waals surface area (Å²) in [6.07, 6.45) is -4.76. The lowest BCUT2D eigenvalue weighted by atomic mass is 10.1. The number of pyridine rings is 1. The quantitative estimate of drug-likeness (QED) is 0.675. The number of halogens is 3. The Balaban J connectivity index is 2.71. The van der Waals surface area contributed by atoms with Gasteiger partial charge in [-0.15, -0.1) is 11.3 Å². The summed E-state index contributed by atoms with van der Waals surface area (Å²) < 4.78 is 38.5. The number of carbonyl (C=O) groups is 1. The molecule has 0 aliphatic carbocycles. The van der Waals surface area contributed by atoms with Gasteiger partial charge in [-0.1, -0.05) is 18.3 Å². The van der Waals surface area contributed by atoms with Crippen LogP contribution in [0, 0.1) is 16.0 Å². The average Bonchev–Trinajstić information content (AvgIpc) is 2.90. The zero-order valence-corrected chi connectivity index (χ0v) is 11.2. The molecule has 2 rings (SSSR count). The fourth-order valence-electron chi connectivity index (χ4n) is 1.56. The molecule has 102 valence electrons. The number of nitriles is 1. The van der Waals surface area contributed by atoms with Crippen molar-refractivity contribution in [2.75, 3.05) is 0 Å². The van der Waals surface area contributed by atoms with E-state index in [9.17, 15) is 18.0 Å². The minimum atomic E-state index is -4.76. The van der Waals surface area contributed by atoms with Gasteiger partial charge in [0.1, 0.15) is 16.4 Å². The first kappa shape index (κ1) is 14.4. The van der Waals surface area contributed by atoms with Crippen LogP contribution < -0.4 is 0 Å². The molecule has 2 aromatic heterocycles. The summed E-state index contributed by atoms with van der Waals surface area (Å²) in [5, 5.41) is 10.4. The van der Waals surface area contributed by atoms with E-state index in [1.807, 2.05) is 4.98 Å². The molecule has 2 heterocycles.